The molecular formula is C14H13N5O. The van der Waals surface area contributed by atoms with Gasteiger partial charge in [-0.2, -0.15) is 5.10 Å². The highest BCUT2D eigenvalue weighted by Crippen LogP contribution is 2.10. The molecule has 0 aliphatic heterocycles. The van der Waals surface area contributed by atoms with Crippen molar-refractivity contribution in [3.63, 3.8) is 0 Å². The molecule has 0 saturated heterocycles. The standard InChI is InChI=1S/C14H13N5O/c1-18-9-8-16-13(18)10-19-14(20)6-5-12(17-19)11-4-2-3-7-15-11/h2-9H,10H2,1H3. The van der Waals surface area contributed by atoms with Crippen LogP contribution in [0.1, 0.15) is 5.82 Å². The van der Waals surface area contributed by atoms with Gasteiger partial charge in [-0.05, 0) is 18.2 Å². The molecule has 3 heterocycles. The number of hydrogen-bond acceptors (Lipinski definition) is 4. The van der Waals surface area contributed by atoms with Crippen LogP contribution in [-0.2, 0) is 13.6 Å². The summed E-state index contributed by atoms with van der Waals surface area (Å²) in [6.07, 6.45) is 5.23. The minimum absolute atomic E-state index is 0.160. The first kappa shape index (κ1) is 12.3. The average Bonchev–Trinajstić information content (AvgIpc) is 2.88. The largest absolute Gasteiger partial charge is 0.336 e. The molecule has 0 fully saturated rings. The van der Waals surface area contributed by atoms with Gasteiger partial charge >= 0.3 is 0 Å². The third-order valence-electron chi connectivity index (χ3n) is 3.01. The summed E-state index contributed by atoms with van der Waals surface area (Å²) in [6.45, 7) is 0.336. The minimum atomic E-state index is -0.160. The lowest BCUT2D eigenvalue weighted by Crippen LogP contribution is -2.24. The molecule has 0 bridgehead atoms. The fourth-order valence-electron chi connectivity index (χ4n) is 1.90. The highest BCUT2D eigenvalue weighted by molar-refractivity contribution is 5.52. The Labute approximate surface area is 115 Å². The maximum absolute atomic E-state index is 11.9. The maximum Gasteiger partial charge on any atom is 0.267 e. The Balaban J connectivity index is 2.00. The van der Waals surface area contributed by atoms with E-state index in [2.05, 4.69) is 15.1 Å². The van der Waals surface area contributed by atoms with Gasteiger partial charge in [-0.1, -0.05) is 6.07 Å². The molecule has 0 radical (unpaired) electrons. The van der Waals surface area contributed by atoms with Crippen LogP contribution < -0.4 is 5.56 Å². The summed E-state index contributed by atoms with van der Waals surface area (Å²) in [5.41, 5.74) is 1.24. The van der Waals surface area contributed by atoms with Crippen molar-refractivity contribution in [2.75, 3.05) is 0 Å². The molecule has 20 heavy (non-hydrogen) atoms. The Morgan fingerprint density at radius 3 is 2.65 bits per heavy atom. The zero-order valence-electron chi connectivity index (χ0n) is 11.0. The summed E-state index contributed by atoms with van der Waals surface area (Å²) in [5.74, 6) is 0.776. The monoisotopic (exact) mass is 267 g/mol. The Bertz CT molecular complexity index is 776. The zero-order chi connectivity index (χ0) is 13.9. The summed E-state index contributed by atoms with van der Waals surface area (Å²) >= 11 is 0. The molecular weight excluding hydrogens is 254 g/mol. The molecule has 0 N–H and O–H groups in total. The van der Waals surface area contributed by atoms with Crippen LogP contribution in [0.25, 0.3) is 11.4 Å². The third-order valence-corrected chi connectivity index (χ3v) is 3.01. The number of imidazole rings is 1. The second kappa shape index (κ2) is 5.08. The van der Waals surface area contributed by atoms with Crippen molar-refractivity contribution < 1.29 is 0 Å². The Morgan fingerprint density at radius 1 is 1.05 bits per heavy atom. The van der Waals surface area contributed by atoms with E-state index in [1.54, 1.807) is 18.5 Å². The van der Waals surface area contributed by atoms with Crippen molar-refractivity contribution in [1.29, 1.82) is 0 Å². The molecule has 0 aliphatic carbocycles. The van der Waals surface area contributed by atoms with E-state index in [1.807, 2.05) is 36.0 Å². The lowest BCUT2D eigenvalue weighted by molar-refractivity contribution is 0.599. The average molecular weight is 267 g/mol. The van der Waals surface area contributed by atoms with Gasteiger partial charge in [0.15, 0.2) is 0 Å². The number of nitrogens with zero attached hydrogens (tertiary/aromatic N) is 5. The number of rotatable bonds is 3. The molecule has 0 amide bonds. The van der Waals surface area contributed by atoms with E-state index in [9.17, 15) is 4.79 Å². The molecule has 0 unspecified atom stereocenters. The first-order valence-electron chi connectivity index (χ1n) is 6.20. The molecule has 0 saturated carbocycles. The van der Waals surface area contributed by atoms with E-state index < -0.39 is 0 Å². The SMILES string of the molecule is Cn1ccnc1Cn1nc(-c2ccccn2)ccc1=O. The topological polar surface area (TPSA) is 65.6 Å². The molecule has 0 spiro atoms. The lowest BCUT2D eigenvalue weighted by Gasteiger charge is -2.06. The number of hydrogen-bond donors (Lipinski definition) is 0. The van der Waals surface area contributed by atoms with E-state index in [0.717, 1.165) is 11.5 Å². The predicted molar refractivity (Wildman–Crippen MR) is 74.0 cm³/mol. The van der Waals surface area contributed by atoms with Gasteiger partial charge in [0.05, 0.1) is 5.69 Å². The van der Waals surface area contributed by atoms with Gasteiger partial charge in [0.1, 0.15) is 18.1 Å². The third kappa shape index (κ3) is 2.35. The van der Waals surface area contributed by atoms with Crippen molar-refractivity contribution >= 4 is 0 Å². The van der Waals surface area contributed by atoms with E-state index in [4.69, 9.17) is 0 Å². The Hall–Kier alpha value is -2.76. The van der Waals surface area contributed by atoms with Crippen molar-refractivity contribution in [3.05, 3.63) is 65.1 Å². The van der Waals surface area contributed by atoms with E-state index >= 15 is 0 Å². The van der Waals surface area contributed by atoms with Crippen molar-refractivity contribution in [1.82, 2.24) is 24.3 Å². The van der Waals surface area contributed by atoms with Gasteiger partial charge in [0, 0.05) is 31.7 Å². The smallest absolute Gasteiger partial charge is 0.267 e. The predicted octanol–water partition coefficient (Wildman–Crippen LogP) is 1.09. The summed E-state index contributed by atoms with van der Waals surface area (Å²) in [6, 6.07) is 8.77. The zero-order valence-corrected chi connectivity index (χ0v) is 11.0. The molecule has 3 aromatic heterocycles. The second-order valence-electron chi connectivity index (χ2n) is 4.38. The van der Waals surface area contributed by atoms with E-state index in [1.165, 1.54) is 10.7 Å². The van der Waals surface area contributed by atoms with Crippen LogP contribution in [-0.4, -0.2) is 24.3 Å². The number of aromatic nitrogens is 5. The first-order chi connectivity index (χ1) is 9.74. The van der Waals surface area contributed by atoms with Crippen LogP contribution in [0.2, 0.25) is 0 Å². The summed E-state index contributed by atoms with van der Waals surface area (Å²) < 4.78 is 3.26. The summed E-state index contributed by atoms with van der Waals surface area (Å²) in [4.78, 5) is 20.3. The van der Waals surface area contributed by atoms with Crippen molar-refractivity contribution in [3.8, 4) is 11.4 Å². The minimum Gasteiger partial charge on any atom is -0.336 e. The van der Waals surface area contributed by atoms with Crippen LogP contribution in [0.15, 0.2) is 53.7 Å². The molecule has 0 aromatic carbocycles. The van der Waals surface area contributed by atoms with Crippen LogP contribution in [0, 0.1) is 0 Å². The van der Waals surface area contributed by atoms with Gasteiger partial charge in [-0.25, -0.2) is 9.67 Å². The van der Waals surface area contributed by atoms with E-state index in [-0.39, 0.29) is 5.56 Å². The Kier molecular flexibility index (Phi) is 3.12. The van der Waals surface area contributed by atoms with Gasteiger partial charge in [0.2, 0.25) is 0 Å². The fourth-order valence-corrected chi connectivity index (χ4v) is 1.90. The van der Waals surface area contributed by atoms with Gasteiger partial charge in [-0.15, -0.1) is 0 Å². The molecule has 100 valence electrons. The summed E-state index contributed by atoms with van der Waals surface area (Å²) in [7, 11) is 1.88. The Morgan fingerprint density at radius 2 is 1.95 bits per heavy atom. The van der Waals surface area contributed by atoms with Gasteiger partial charge in [0.25, 0.3) is 5.56 Å². The van der Waals surface area contributed by atoms with Gasteiger partial charge < -0.3 is 4.57 Å². The van der Waals surface area contributed by atoms with Crippen LogP contribution in [0.3, 0.4) is 0 Å². The van der Waals surface area contributed by atoms with Crippen LogP contribution >= 0.6 is 0 Å². The van der Waals surface area contributed by atoms with Crippen molar-refractivity contribution in [2.24, 2.45) is 7.05 Å². The lowest BCUT2D eigenvalue weighted by atomic mass is 10.2. The first-order valence-corrected chi connectivity index (χ1v) is 6.20. The van der Waals surface area contributed by atoms with Gasteiger partial charge in [-0.3, -0.25) is 9.78 Å². The number of aryl methyl sites for hydroxylation is 1. The molecule has 6 nitrogen and oxygen atoms in total. The quantitative estimate of drug-likeness (QED) is 0.712. The fraction of sp³-hybridized carbons (Fsp3) is 0.143. The van der Waals surface area contributed by atoms with E-state index in [0.29, 0.717) is 12.2 Å². The second-order valence-corrected chi connectivity index (χ2v) is 4.38. The normalized spacial score (nSPS) is 10.7. The molecule has 0 aliphatic rings. The van der Waals surface area contributed by atoms with Crippen LogP contribution in [0.5, 0.6) is 0 Å². The highest BCUT2D eigenvalue weighted by Gasteiger charge is 2.07. The van der Waals surface area contributed by atoms with Crippen molar-refractivity contribution in [2.45, 2.75) is 6.54 Å². The summed E-state index contributed by atoms with van der Waals surface area (Å²) in [5, 5.41) is 4.35. The molecule has 3 aromatic rings. The van der Waals surface area contributed by atoms with Crippen LogP contribution in [0.4, 0.5) is 0 Å². The highest BCUT2D eigenvalue weighted by atomic mass is 16.1. The maximum atomic E-state index is 11.9. The number of pyridine rings is 1. The molecule has 0 atom stereocenters. The molecule has 6 heteroatoms. The molecule has 3 rings (SSSR count).